The predicted molar refractivity (Wildman–Crippen MR) is 44.7 cm³/mol. The molecule has 1 aromatic carbocycles. The first kappa shape index (κ1) is 11.6. The van der Waals surface area contributed by atoms with Gasteiger partial charge in [0.25, 0.3) is 0 Å². The van der Waals surface area contributed by atoms with Crippen molar-refractivity contribution in [3.63, 3.8) is 0 Å². The van der Waals surface area contributed by atoms with Gasteiger partial charge in [-0.2, -0.15) is 0 Å². The van der Waals surface area contributed by atoms with Gasteiger partial charge in [0.15, 0.2) is 0 Å². The molecule has 1 N–H and O–H groups in total. The van der Waals surface area contributed by atoms with Crippen LogP contribution in [0.25, 0.3) is 0 Å². The number of halogens is 2. The Morgan fingerprint density at radius 3 is 1.85 bits per heavy atom. The maximum absolute atomic E-state index is 12.5. The largest absolute Gasteiger partial charge is 0.477 e. The van der Waals surface area contributed by atoms with Crippen LogP contribution in [-0.2, 0) is 0 Å². The Labute approximate surface area is 74.8 Å². The number of carbonyl (C=O) groups is 1. The molecule has 0 amide bonds. The van der Waals surface area contributed by atoms with Crippen molar-refractivity contribution in [2.45, 2.75) is 13.8 Å². The van der Waals surface area contributed by atoms with Crippen molar-refractivity contribution in [2.75, 3.05) is 0 Å². The van der Waals surface area contributed by atoms with Gasteiger partial charge >= 0.3 is 5.97 Å². The molecule has 0 heterocycles. The molecule has 0 aliphatic heterocycles. The van der Waals surface area contributed by atoms with Crippen LogP contribution in [0.15, 0.2) is 18.2 Å². The maximum atomic E-state index is 12.5. The minimum Gasteiger partial charge on any atom is -0.477 e. The molecule has 13 heavy (non-hydrogen) atoms. The summed E-state index contributed by atoms with van der Waals surface area (Å²) in [5.41, 5.74) is -0.910. The van der Waals surface area contributed by atoms with Crippen LogP contribution in [0.5, 0.6) is 0 Å². The van der Waals surface area contributed by atoms with E-state index in [2.05, 4.69) is 0 Å². The molecule has 1 aromatic rings. The third-order valence-electron chi connectivity index (χ3n) is 1.18. The van der Waals surface area contributed by atoms with Gasteiger partial charge in [-0.15, -0.1) is 0 Å². The van der Waals surface area contributed by atoms with E-state index in [1.54, 1.807) is 0 Å². The summed E-state index contributed by atoms with van der Waals surface area (Å²) in [5, 5.41) is 8.27. The second-order valence-electron chi connectivity index (χ2n) is 1.90. The normalized spacial score (nSPS) is 8.62. The molecule has 1 rings (SSSR count). The lowest BCUT2D eigenvalue weighted by Gasteiger charge is -1.96. The molecule has 0 saturated heterocycles. The van der Waals surface area contributed by atoms with E-state index in [-0.39, 0.29) is 0 Å². The van der Waals surface area contributed by atoms with E-state index < -0.39 is 23.2 Å². The Kier molecular flexibility index (Phi) is 4.66. The van der Waals surface area contributed by atoms with E-state index in [0.717, 1.165) is 18.2 Å². The fourth-order valence-corrected chi connectivity index (χ4v) is 0.702. The molecule has 2 nitrogen and oxygen atoms in total. The minimum atomic E-state index is -1.60. The van der Waals surface area contributed by atoms with Gasteiger partial charge in [0.1, 0.15) is 17.2 Å². The van der Waals surface area contributed by atoms with E-state index in [9.17, 15) is 13.6 Å². The molecule has 0 aliphatic rings. The lowest BCUT2D eigenvalue weighted by Crippen LogP contribution is -2.03. The molecule has 0 unspecified atom stereocenters. The summed E-state index contributed by atoms with van der Waals surface area (Å²) in [6.45, 7) is 4.00. The van der Waals surface area contributed by atoms with Gasteiger partial charge in [0, 0.05) is 0 Å². The fraction of sp³-hybridized carbons (Fsp3) is 0.222. The molecule has 4 heteroatoms. The summed E-state index contributed by atoms with van der Waals surface area (Å²) >= 11 is 0. The van der Waals surface area contributed by atoms with Crippen LogP contribution in [-0.4, -0.2) is 11.1 Å². The van der Waals surface area contributed by atoms with E-state index in [0.29, 0.717) is 0 Å². The zero-order valence-corrected chi connectivity index (χ0v) is 7.34. The van der Waals surface area contributed by atoms with Crippen LogP contribution < -0.4 is 0 Å². The van der Waals surface area contributed by atoms with E-state index >= 15 is 0 Å². The van der Waals surface area contributed by atoms with Gasteiger partial charge in [-0.3, -0.25) is 0 Å². The van der Waals surface area contributed by atoms with Crippen LogP contribution >= 0.6 is 0 Å². The lowest BCUT2D eigenvalue weighted by molar-refractivity contribution is 0.0686. The van der Waals surface area contributed by atoms with E-state index in [1.165, 1.54) is 0 Å². The van der Waals surface area contributed by atoms with Crippen LogP contribution in [0.1, 0.15) is 24.2 Å². The highest BCUT2D eigenvalue weighted by atomic mass is 19.1. The topological polar surface area (TPSA) is 37.3 Å². The summed E-state index contributed by atoms with van der Waals surface area (Å²) < 4.78 is 25.0. The number of aromatic carboxylic acids is 1. The van der Waals surface area contributed by atoms with Crippen LogP contribution in [0.2, 0.25) is 0 Å². The van der Waals surface area contributed by atoms with E-state index in [4.69, 9.17) is 5.11 Å². The molecular weight excluding hydrogens is 178 g/mol. The summed E-state index contributed by atoms with van der Waals surface area (Å²) in [4.78, 5) is 10.2. The van der Waals surface area contributed by atoms with Gasteiger partial charge in [-0.25, -0.2) is 13.6 Å². The molecule has 0 fully saturated rings. The Morgan fingerprint density at radius 2 is 1.62 bits per heavy atom. The molecule has 0 spiro atoms. The smallest absolute Gasteiger partial charge is 0.341 e. The molecular formula is C9H10F2O2. The number of rotatable bonds is 1. The summed E-state index contributed by atoms with van der Waals surface area (Å²) in [5.74, 6) is -3.71. The minimum absolute atomic E-state index is 0.895. The van der Waals surface area contributed by atoms with Gasteiger partial charge in [-0.05, 0) is 12.1 Å². The standard InChI is InChI=1S/C7H4F2O2.C2H6/c8-4-2-1-3-5(9)6(4)7(10)11;1-2/h1-3H,(H,10,11);1-2H3. The molecule has 0 atom stereocenters. The molecule has 0 bridgehead atoms. The second-order valence-corrected chi connectivity index (χ2v) is 1.90. The summed E-state index contributed by atoms with van der Waals surface area (Å²) in [7, 11) is 0. The summed E-state index contributed by atoms with van der Waals surface area (Å²) in [6, 6.07) is 2.90. The van der Waals surface area contributed by atoms with Crippen molar-refractivity contribution in [2.24, 2.45) is 0 Å². The highest BCUT2D eigenvalue weighted by molar-refractivity contribution is 5.88. The summed E-state index contributed by atoms with van der Waals surface area (Å²) in [6.07, 6.45) is 0. The Balaban J connectivity index is 0.000000671. The zero-order chi connectivity index (χ0) is 10.4. The second kappa shape index (κ2) is 5.24. The van der Waals surface area contributed by atoms with Gasteiger partial charge < -0.3 is 5.11 Å². The monoisotopic (exact) mass is 188 g/mol. The molecule has 0 saturated carbocycles. The number of hydrogen-bond donors (Lipinski definition) is 1. The van der Waals surface area contributed by atoms with Crippen molar-refractivity contribution in [1.82, 2.24) is 0 Å². The van der Waals surface area contributed by atoms with Crippen molar-refractivity contribution >= 4 is 5.97 Å². The average Bonchev–Trinajstić information content (AvgIpc) is 2.07. The SMILES string of the molecule is CC.O=C(O)c1c(F)cccc1F. The van der Waals surface area contributed by atoms with Crippen LogP contribution in [0.4, 0.5) is 8.78 Å². The third kappa shape index (κ3) is 2.82. The quantitative estimate of drug-likeness (QED) is 0.735. The predicted octanol–water partition coefficient (Wildman–Crippen LogP) is 2.69. The Morgan fingerprint density at radius 1 is 1.23 bits per heavy atom. The molecule has 0 aromatic heterocycles. The van der Waals surface area contributed by atoms with Crippen molar-refractivity contribution in [3.8, 4) is 0 Å². The van der Waals surface area contributed by atoms with Gasteiger partial charge in [0.2, 0.25) is 0 Å². The molecule has 0 radical (unpaired) electrons. The first-order valence-corrected chi connectivity index (χ1v) is 3.80. The van der Waals surface area contributed by atoms with Gasteiger partial charge in [0.05, 0.1) is 0 Å². The number of carboxylic acid groups (broad SMARTS) is 1. The first-order chi connectivity index (χ1) is 6.13. The fourth-order valence-electron chi connectivity index (χ4n) is 0.702. The third-order valence-corrected chi connectivity index (χ3v) is 1.18. The average molecular weight is 188 g/mol. The molecule has 72 valence electrons. The van der Waals surface area contributed by atoms with Crippen LogP contribution in [0.3, 0.4) is 0 Å². The number of benzene rings is 1. The lowest BCUT2D eigenvalue weighted by atomic mass is 10.2. The maximum Gasteiger partial charge on any atom is 0.341 e. The van der Waals surface area contributed by atoms with Crippen molar-refractivity contribution < 1.29 is 18.7 Å². The van der Waals surface area contributed by atoms with E-state index in [1.807, 2.05) is 13.8 Å². The number of carboxylic acids is 1. The Bertz CT molecular complexity index is 277. The Hall–Kier alpha value is -1.45. The number of hydrogen-bond acceptors (Lipinski definition) is 1. The van der Waals surface area contributed by atoms with Crippen molar-refractivity contribution in [1.29, 1.82) is 0 Å². The highest BCUT2D eigenvalue weighted by Gasteiger charge is 2.14. The zero-order valence-electron chi connectivity index (χ0n) is 7.34. The highest BCUT2D eigenvalue weighted by Crippen LogP contribution is 2.10. The first-order valence-electron chi connectivity index (χ1n) is 3.80. The van der Waals surface area contributed by atoms with Gasteiger partial charge in [-0.1, -0.05) is 19.9 Å². The van der Waals surface area contributed by atoms with Crippen LogP contribution in [0, 0.1) is 11.6 Å². The molecule has 0 aliphatic carbocycles. The van der Waals surface area contributed by atoms with Crippen molar-refractivity contribution in [3.05, 3.63) is 35.4 Å².